The third-order valence-electron chi connectivity index (χ3n) is 7.25. The van der Waals surface area contributed by atoms with E-state index in [1.54, 1.807) is 0 Å². The average Bonchev–Trinajstić information content (AvgIpc) is 3.24. The van der Waals surface area contributed by atoms with Crippen molar-refractivity contribution in [1.82, 2.24) is 10.2 Å². The van der Waals surface area contributed by atoms with Crippen molar-refractivity contribution in [3.8, 4) is 0 Å². The maximum atomic E-state index is 13.4. The van der Waals surface area contributed by atoms with Gasteiger partial charge in [-0.1, -0.05) is 30.2 Å². The monoisotopic (exact) mass is 374 g/mol. The molecule has 26 heavy (non-hydrogen) atoms. The molecule has 2 aliphatic heterocycles. The van der Waals surface area contributed by atoms with Gasteiger partial charge in [-0.05, 0) is 62.9 Å². The van der Waals surface area contributed by atoms with Gasteiger partial charge in [0.05, 0.1) is 23.6 Å². The normalized spacial score (nSPS) is 35.4. The molecule has 0 bridgehead atoms. The second kappa shape index (κ2) is 6.50. The van der Waals surface area contributed by atoms with Crippen LogP contribution < -0.4 is 5.32 Å². The van der Waals surface area contributed by atoms with Gasteiger partial charge in [0.1, 0.15) is 0 Å². The van der Waals surface area contributed by atoms with Crippen LogP contribution in [0, 0.1) is 5.92 Å². The molecule has 4 atom stereocenters. The zero-order valence-electron chi connectivity index (χ0n) is 15.1. The molecule has 1 aromatic carbocycles. The van der Waals surface area contributed by atoms with Gasteiger partial charge >= 0.3 is 0 Å². The van der Waals surface area contributed by atoms with Crippen molar-refractivity contribution in [2.45, 2.75) is 62.1 Å². The van der Waals surface area contributed by atoms with Crippen LogP contribution in [0.4, 0.5) is 0 Å². The molecule has 1 amide bonds. The molecule has 0 aromatic heterocycles. The van der Waals surface area contributed by atoms with E-state index < -0.39 is 0 Å². The van der Waals surface area contributed by atoms with Crippen LogP contribution in [0.3, 0.4) is 0 Å². The Labute approximate surface area is 160 Å². The van der Waals surface area contributed by atoms with Gasteiger partial charge in [0.25, 0.3) is 0 Å². The molecule has 0 unspecified atom stereocenters. The van der Waals surface area contributed by atoms with Crippen LogP contribution in [0.5, 0.6) is 0 Å². The van der Waals surface area contributed by atoms with Crippen LogP contribution in [0.2, 0.25) is 5.02 Å². The Balaban J connectivity index is 1.35. The van der Waals surface area contributed by atoms with Crippen LogP contribution in [-0.4, -0.2) is 48.7 Å². The number of carbonyl (C=O) groups is 1. The van der Waals surface area contributed by atoms with Crippen molar-refractivity contribution in [1.29, 1.82) is 0 Å². The summed E-state index contributed by atoms with van der Waals surface area (Å²) in [6.45, 7) is 3.13. The van der Waals surface area contributed by atoms with Crippen molar-refractivity contribution in [2.75, 3.05) is 19.7 Å². The first-order valence-corrected chi connectivity index (χ1v) is 10.5. The minimum absolute atomic E-state index is 0.214. The molecule has 2 heterocycles. The third-order valence-corrected chi connectivity index (χ3v) is 7.50. The van der Waals surface area contributed by atoms with Gasteiger partial charge in [-0.2, -0.15) is 0 Å². The predicted octanol–water partition coefficient (Wildman–Crippen LogP) is 3.13. The van der Waals surface area contributed by atoms with Gasteiger partial charge in [0.2, 0.25) is 5.91 Å². The van der Waals surface area contributed by atoms with Crippen LogP contribution in [-0.2, 0) is 14.9 Å². The van der Waals surface area contributed by atoms with E-state index in [1.165, 1.54) is 12.8 Å². The molecular formula is C21H27ClN2O2. The molecular weight excluding hydrogens is 348 g/mol. The van der Waals surface area contributed by atoms with Gasteiger partial charge in [-0.3, -0.25) is 9.69 Å². The molecule has 5 rings (SSSR count). The lowest BCUT2D eigenvalue weighted by Crippen LogP contribution is -2.72. The molecule has 4 fully saturated rings. The highest BCUT2D eigenvalue weighted by Crippen LogP contribution is 2.47. The second-order valence-corrected chi connectivity index (χ2v) is 8.90. The molecule has 4 aliphatic rings. The Morgan fingerprint density at radius 2 is 1.88 bits per heavy atom. The topological polar surface area (TPSA) is 41.6 Å². The van der Waals surface area contributed by atoms with Gasteiger partial charge in [-0.25, -0.2) is 0 Å². The van der Waals surface area contributed by atoms with Crippen molar-refractivity contribution < 1.29 is 9.53 Å². The van der Waals surface area contributed by atoms with Crippen LogP contribution >= 0.6 is 11.6 Å². The minimum atomic E-state index is -0.356. The lowest BCUT2D eigenvalue weighted by molar-refractivity contribution is -0.137. The number of halogens is 1. The number of carbonyl (C=O) groups excluding carboxylic acids is 1. The fourth-order valence-electron chi connectivity index (χ4n) is 5.58. The second-order valence-electron chi connectivity index (χ2n) is 8.46. The summed E-state index contributed by atoms with van der Waals surface area (Å²) < 4.78 is 6.00. The first-order valence-electron chi connectivity index (χ1n) is 10.1. The number of likely N-dealkylation sites (tertiary alicyclic amines) is 1. The summed E-state index contributed by atoms with van der Waals surface area (Å²) in [6.07, 6.45) is 6.93. The number of amides is 1. The molecule has 0 spiro atoms. The molecule has 1 aromatic rings. The highest BCUT2D eigenvalue weighted by atomic mass is 35.5. The third kappa shape index (κ3) is 2.53. The number of nitrogens with zero attached hydrogens (tertiary/aromatic N) is 1. The van der Waals surface area contributed by atoms with Crippen molar-refractivity contribution in [2.24, 2.45) is 5.92 Å². The Morgan fingerprint density at radius 1 is 1.15 bits per heavy atom. The zero-order chi connectivity index (χ0) is 17.7. The number of ether oxygens (including phenoxy) is 1. The van der Waals surface area contributed by atoms with Crippen LogP contribution in [0.25, 0.3) is 0 Å². The van der Waals surface area contributed by atoms with E-state index in [-0.39, 0.29) is 17.4 Å². The SMILES string of the molecule is O=C(N[C@H]1[C@H]2CCO[C@H]2[C@@H]1N1CCCC1)C1(c2ccc(Cl)cc2)CCC1. The molecule has 5 heteroatoms. The van der Waals surface area contributed by atoms with Crippen LogP contribution in [0.1, 0.15) is 44.1 Å². The Bertz CT molecular complexity index is 677. The number of rotatable bonds is 4. The zero-order valence-corrected chi connectivity index (χ0v) is 15.9. The van der Waals surface area contributed by atoms with E-state index in [2.05, 4.69) is 10.2 Å². The lowest BCUT2D eigenvalue weighted by Gasteiger charge is -2.53. The van der Waals surface area contributed by atoms with Gasteiger partial charge < -0.3 is 10.1 Å². The van der Waals surface area contributed by atoms with Crippen molar-refractivity contribution in [3.05, 3.63) is 34.9 Å². The number of benzene rings is 1. The highest BCUT2D eigenvalue weighted by molar-refractivity contribution is 6.30. The Morgan fingerprint density at radius 3 is 2.54 bits per heavy atom. The Kier molecular flexibility index (Phi) is 4.26. The van der Waals surface area contributed by atoms with E-state index in [1.807, 2.05) is 24.3 Å². The quantitative estimate of drug-likeness (QED) is 0.880. The fraction of sp³-hybridized carbons (Fsp3) is 0.667. The Hall–Kier alpha value is -1.10. The molecule has 0 radical (unpaired) electrons. The molecule has 1 N–H and O–H groups in total. The number of nitrogens with one attached hydrogen (secondary N) is 1. The number of hydrogen-bond donors (Lipinski definition) is 1. The number of fused-ring (bicyclic) bond motifs is 1. The van der Waals surface area contributed by atoms with E-state index in [0.29, 0.717) is 18.1 Å². The standard InChI is InChI=1S/C21H27ClN2O2/c22-15-6-4-14(5-7-15)21(9-3-10-21)20(25)23-17-16-8-13-26-19(16)18(17)24-11-1-2-12-24/h4-7,16-19H,1-3,8-13H2,(H,23,25)/t16-,17+,18-,19-/m1/s1. The van der Waals surface area contributed by atoms with Crippen LogP contribution in [0.15, 0.2) is 24.3 Å². The molecule has 2 aliphatic carbocycles. The van der Waals surface area contributed by atoms with E-state index >= 15 is 0 Å². The first-order chi connectivity index (χ1) is 12.7. The molecule has 2 saturated heterocycles. The summed E-state index contributed by atoms with van der Waals surface area (Å²) in [5, 5.41) is 4.20. The highest BCUT2D eigenvalue weighted by Gasteiger charge is 2.58. The van der Waals surface area contributed by atoms with E-state index in [0.717, 1.165) is 56.0 Å². The van der Waals surface area contributed by atoms with Crippen molar-refractivity contribution in [3.63, 3.8) is 0 Å². The summed E-state index contributed by atoms with van der Waals surface area (Å²) >= 11 is 6.05. The van der Waals surface area contributed by atoms with Gasteiger partial charge in [0.15, 0.2) is 0 Å². The maximum Gasteiger partial charge on any atom is 0.230 e. The van der Waals surface area contributed by atoms with Gasteiger partial charge in [-0.15, -0.1) is 0 Å². The van der Waals surface area contributed by atoms with Gasteiger partial charge in [0, 0.05) is 17.5 Å². The largest absolute Gasteiger partial charge is 0.376 e. The summed E-state index contributed by atoms with van der Waals surface area (Å²) in [7, 11) is 0. The molecule has 4 nitrogen and oxygen atoms in total. The smallest absolute Gasteiger partial charge is 0.230 e. The van der Waals surface area contributed by atoms with E-state index in [9.17, 15) is 4.79 Å². The summed E-state index contributed by atoms with van der Waals surface area (Å²) in [5.41, 5.74) is 0.756. The average molecular weight is 375 g/mol. The minimum Gasteiger partial charge on any atom is -0.376 e. The summed E-state index contributed by atoms with van der Waals surface area (Å²) in [6, 6.07) is 8.49. The summed E-state index contributed by atoms with van der Waals surface area (Å²) in [5.74, 6) is 0.706. The first kappa shape index (κ1) is 17.0. The maximum absolute atomic E-state index is 13.4. The lowest BCUT2D eigenvalue weighted by atomic mass is 9.63. The van der Waals surface area contributed by atoms with Crippen molar-refractivity contribution >= 4 is 17.5 Å². The summed E-state index contributed by atoms with van der Waals surface area (Å²) in [4.78, 5) is 15.9. The van der Waals surface area contributed by atoms with E-state index in [4.69, 9.17) is 16.3 Å². The molecule has 140 valence electrons. The predicted molar refractivity (Wildman–Crippen MR) is 101 cm³/mol. The number of hydrogen-bond acceptors (Lipinski definition) is 3. The molecule has 2 saturated carbocycles. The fourth-order valence-corrected chi connectivity index (χ4v) is 5.70.